The fourth-order valence-corrected chi connectivity index (χ4v) is 3.31. The van der Waals surface area contributed by atoms with Gasteiger partial charge in [-0.05, 0) is 55.0 Å². The topological polar surface area (TPSA) is 62.5 Å². The molecule has 0 aliphatic carbocycles. The summed E-state index contributed by atoms with van der Waals surface area (Å²) in [5, 5.41) is 16.6. The summed E-state index contributed by atoms with van der Waals surface area (Å²) in [5.74, 6) is 0.685. The van der Waals surface area contributed by atoms with E-state index in [2.05, 4.69) is 28.4 Å². The first-order chi connectivity index (χ1) is 12.6. The van der Waals surface area contributed by atoms with Crippen molar-refractivity contribution in [2.45, 2.75) is 32.6 Å². The first kappa shape index (κ1) is 18.6. The third kappa shape index (κ3) is 4.14. The van der Waals surface area contributed by atoms with Crippen LogP contribution in [-0.2, 0) is 6.42 Å². The van der Waals surface area contributed by atoms with Gasteiger partial charge in [0, 0.05) is 18.5 Å². The number of aliphatic hydroxyl groups excluding tert-OH is 1. The van der Waals surface area contributed by atoms with Crippen LogP contribution < -0.4 is 5.32 Å². The number of aliphatic hydroxyl groups is 1. The van der Waals surface area contributed by atoms with Crippen molar-refractivity contribution in [2.24, 2.45) is 5.92 Å². The SMILES string of the molecule is CCC(CCCO)Cc1ccn2ncnc(Nc3ccc(F)c(Cl)c3)c12. The molecule has 0 saturated carbocycles. The molecular formula is C19H22ClFN4O. The van der Waals surface area contributed by atoms with Crippen LogP contribution in [0, 0.1) is 11.7 Å². The van der Waals surface area contributed by atoms with Gasteiger partial charge in [0.1, 0.15) is 17.7 Å². The summed E-state index contributed by atoms with van der Waals surface area (Å²) >= 11 is 5.87. The molecule has 3 aromatic rings. The molecule has 0 aliphatic rings. The second kappa shape index (κ2) is 8.47. The Morgan fingerprint density at radius 2 is 2.19 bits per heavy atom. The van der Waals surface area contributed by atoms with Crippen LogP contribution in [0.3, 0.4) is 0 Å². The Kier molecular flexibility index (Phi) is 6.06. The Bertz CT molecular complexity index is 883. The Balaban J connectivity index is 1.90. The third-order valence-corrected chi connectivity index (χ3v) is 4.87. The highest BCUT2D eigenvalue weighted by atomic mass is 35.5. The molecule has 0 saturated heterocycles. The first-order valence-corrected chi connectivity index (χ1v) is 9.14. The number of halogens is 2. The van der Waals surface area contributed by atoms with Gasteiger partial charge >= 0.3 is 0 Å². The summed E-state index contributed by atoms with van der Waals surface area (Å²) in [5.41, 5.74) is 2.71. The summed E-state index contributed by atoms with van der Waals surface area (Å²) in [7, 11) is 0. The van der Waals surface area contributed by atoms with E-state index < -0.39 is 5.82 Å². The van der Waals surface area contributed by atoms with E-state index in [1.165, 1.54) is 18.5 Å². The van der Waals surface area contributed by atoms with E-state index in [1.54, 1.807) is 10.6 Å². The van der Waals surface area contributed by atoms with E-state index >= 15 is 0 Å². The average Bonchev–Trinajstić information content (AvgIpc) is 3.05. The van der Waals surface area contributed by atoms with Crippen LogP contribution in [-0.4, -0.2) is 26.3 Å². The van der Waals surface area contributed by atoms with Crippen molar-refractivity contribution in [3.05, 3.63) is 53.2 Å². The zero-order valence-electron chi connectivity index (χ0n) is 14.6. The molecule has 1 aromatic carbocycles. The maximum Gasteiger partial charge on any atom is 0.158 e. The number of aromatic nitrogens is 3. The van der Waals surface area contributed by atoms with Gasteiger partial charge in [0.25, 0.3) is 0 Å². The standard InChI is InChI=1S/C19H22ClFN4O/c1-2-13(4-3-9-26)10-14-7-8-25-18(14)19(22-12-23-25)24-15-5-6-17(21)16(20)11-15/h5-8,11-13,26H,2-4,9-10H2,1H3,(H,22,23,24). The molecule has 5 nitrogen and oxygen atoms in total. The molecule has 1 atom stereocenters. The van der Waals surface area contributed by atoms with Crippen LogP contribution in [0.25, 0.3) is 5.52 Å². The predicted molar refractivity (Wildman–Crippen MR) is 101 cm³/mol. The summed E-state index contributed by atoms with van der Waals surface area (Å²) in [4.78, 5) is 4.36. The summed E-state index contributed by atoms with van der Waals surface area (Å²) in [6.07, 6.45) is 7.11. The van der Waals surface area contributed by atoms with Gasteiger partial charge in [0.15, 0.2) is 5.82 Å². The molecule has 0 spiro atoms. The van der Waals surface area contributed by atoms with Crippen molar-refractivity contribution in [3.8, 4) is 0 Å². The summed E-state index contributed by atoms with van der Waals surface area (Å²) in [6, 6.07) is 6.53. The van der Waals surface area contributed by atoms with E-state index in [-0.39, 0.29) is 11.6 Å². The fraction of sp³-hybridized carbons (Fsp3) is 0.368. The Morgan fingerprint density at radius 3 is 2.92 bits per heavy atom. The quantitative estimate of drug-likeness (QED) is 0.602. The molecule has 7 heteroatoms. The van der Waals surface area contributed by atoms with Crippen LogP contribution >= 0.6 is 11.6 Å². The van der Waals surface area contributed by atoms with E-state index in [0.717, 1.165) is 36.8 Å². The van der Waals surface area contributed by atoms with Gasteiger partial charge in [0.05, 0.1) is 5.02 Å². The first-order valence-electron chi connectivity index (χ1n) is 8.76. The molecule has 2 heterocycles. The number of nitrogens with zero attached hydrogens (tertiary/aromatic N) is 3. The highest BCUT2D eigenvalue weighted by Gasteiger charge is 2.15. The lowest BCUT2D eigenvalue weighted by molar-refractivity contribution is 0.269. The summed E-state index contributed by atoms with van der Waals surface area (Å²) < 4.78 is 15.2. The number of nitrogens with one attached hydrogen (secondary N) is 1. The Hall–Kier alpha value is -2.18. The second-order valence-corrected chi connectivity index (χ2v) is 6.75. The van der Waals surface area contributed by atoms with Crippen molar-refractivity contribution in [3.63, 3.8) is 0 Å². The monoisotopic (exact) mass is 376 g/mol. The molecule has 0 aliphatic heterocycles. The average molecular weight is 377 g/mol. The zero-order valence-corrected chi connectivity index (χ0v) is 15.4. The number of anilines is 2. The zero-order chi connectivity index (χ0) is 18.5. The predicted octanol–water partition coefficient (Wildman–Crippen LogP) is 4.61. The number of hydrogen-bond donors (Lipinski definition) is 2. The van der Waals surface area contributed by atoms with Crippen molar-refractivity contribution in [1.82, 2.24) is 14.6 Å². The van der Waals surface area contributed by atoms with Crippen molar-refractivity contribution in [2.75, 3.05) is 11.9 Å². The maximum atomic E-state index is 13.4. The molecule has 2 aromatic heterocycles. The molecule has 1 unspecified atom stereocenters. The lowest BCUT2D eigenvalue weighted by Gasteiger charge is -2.15. The van der Waals surface area contributed by atoms with Gasteiger partial charge in [-0.2, -0.15) is 5.10 Å². The molecule has 138 valence electrons. The van der Waals surface area contributed by atoms with E-state index in [0.29, 0.717) is 17.4 Å². The third-order valence-electron chi connectivity index (χ3n) is 4.58. The minimum Gasteiger partial charge on any atom is -0.396 e. The molecular weight excluding hydrogens is 355 g/mol. The highest BCUT2D eigenvalue weighted by molar-refractivity contribution is 6.31. The Morgan fingerprint density at radius 1 is 1.35 bits per heavy atom. The molecule has 26 heavy (non-hydrogen) atoms. The van der Waals surface area contributed by atoms with Crippen LogP contribution in [0.2, 0.25) is 5.02 Å². The van der Waals surface area contributed by atoms with Gasteiger partial charge in [-0.3, -0.25) is 0 Å². The van der Waals surface area contributed by atoms with Crippen molar-refractivity contribution in [1.29, 1.82) is 0 Å². The highest BCUT2D eigenvalue weighted by Crippen LogP contribution is 2.28. The number of hydrogen-bond acceptors (Lipinski definition) is 4. The normalized spacial score (nSPS) is 12.5. The van der Waals surface area contributed by atoms with Crippen LogP contribution in [0.5, 0.6) is 0 Å². The van der Waals surface area contributed by atoms with Gasteiger partial charge in [-0.25, -0.2) is 13.9 Å². The largest absolute Gasteiger partial charge is 0.396 e. The van der Waals surface area contributed by atoms with E-state index in [1.807, 2.05) is 6.20 Å². The van der Waals surface area contributed by atoms with Gasteiger partial charge < -0.3 is 10.4 Å². The van der Waals surface area contributed by atoms with Crippen LogP contribution in [0.4, 0.5) is 15.9 Å². The van der Waals surface area contributed by atoms with Crippen molar-refractivity contribution >= 4 is 28.6 Å². The molecule has 0 bridgehead atoms. The molecule has 2 N–H and O–H groups in total. The van der Waals surface area contributed by atoms with Gasteiger partial charge in [-0.1, -0.05) is 24.9 Å². The van der Waals surface area contributed by atoms with Gasteiger partial charge in [0.2, 0.25) is 0 Å². The summed E-state index contributed by atoms with van der Waals surface area (Å²) in [6.45, 7) is 2.38. The smallest absolute Gasteiger partial charge is 0.158 e. The second-order valence-electron chi connectivity index (χ2n) is 6.34. The molecule has 3 rings (SSSR count). The molecule has 0 radical (unpaired) electrons. The van der Waals surface area contributed by atoms with Crippen LogP contribution in [0.1, 0.15) is 31.7 Å². The van der Waals surface area contributed by atoms with Crippen LogP contribution in [0.15, 0.2) is 36.8 Å². The minimum absolute atomic E-state index is 0.0609. The van der Waals surface area contributed by atoms with E-state index in [4.69, 9.17) is 16.7 Å². The lowest BCUT2D eigenvalue weighted by Crippen LogP contribution is -2.06. The Labute approximate surface area is 156 Å². The van der Waals surface area contributed by atoms with Gasteiger partial charge in [-0.15, -0.1) is 0 Å². The fourth-order valence-electron chi connectivity index (χ4n) is 3.13. The molecule has 0 amide bonds. The maximum absolute atomic E-state index is 13.4. The number of rotatable bonds is 8. The minimum atomic E-state index is -0.455. The van der Waals surface area contributed by atoms with E-state index in [9.17, 15) is 4.39 Å². The van der Waals surface area contributed by atoms with Crippen molar-refractivity contribution < 1.29 is 9.50 Å². The number of benzene rings is 1. The number of fused-ring (bicyclic) bond motifs is 1. The molecule has 0 fully saturated rings. The lowest BCUT2D eigenvalue weighted by atomic mass is 9.93.